The van der Waals surface area contributed by atoms with E-state index in [4.69, 9.17) is 4.74 Å². The fourth-order valence-corrected chi connectivity index (χ4v) is 3.95. The van der Waals surface area contributed by atoms with E-state index in [1.165, 1.54) is 11.8 Å². The number of nitrogens with zero attached hydrogens (tertiary/aromatic N) is 2. The fourth-order valence-electron chi connectivity index (χ4n) is 3.95. The van der Waals surface area contributed by atoms with E-state index in [1.54, 1.807) is 36.3 Å². The highest BCUT2D eigenvalue weighted by molar-refractivity contribution is 6.21. The highest BCUT2D eigenvalue weighted by atomic mass is 16.5. The lowest BCUT2D eigenvalue weighted by Crippen LogP contribution is -2.45. The number of ether oxygens (including phenoxy) is 1. The van der Waals surface area contributed by atoms with Crippen molar-refractivity contribution in [3.8, 4) is 5.75 Å². The quantitative estimate of drug-likeness (QED) is 0.785. The van der Waals surface area contributed by atoms with Gasteiger partial charge in [0.2, 0.25) is 5.91 Å². The number of benzene rings is 2. The Bertz CT molecular complexity index is 918. The molecule has 0 N–H and O–H groups in total. The van der Waals surface area contributed by atoms with Crippen molar-refractivity contribution in [3.05, 3.63) is 64.7 Å². The van der Waals surface area contributed by atoms with Gasteiger partial charge < -0.3 is 9.64 Å². The zero-order chi connectivity index (χ0) is 19.1. The summed E-state index contributed by atoms with van der Waals surface area (Å²) in [5.74, 6) is -0.0140. The normalized spacial score (nSPS) is 18.4. The third-order valence-electron chi connectivity index (χ3n) is 5.35. The molecular formula is C21H20N2O4. The van der Waals surface area contributed by atoms with E-state index < -0.39 is 0 Å². The van der Waals surface area contributed by atoms with Gasteiger partial charge >= 0.3 is 0 Å². The highest BCUT2D eigenvalue weighted by Crippen LogP contribution is 2.35. The second kappa shape index (κ2) is 6.54. The molecular weight excluding hydrogens is 344 g/mol. The number of hydrogen-bond acceptors (Lipinski definition) is 4. The van der Waals surface area contributed by atoms with Gasteiger partial charge in [0.25, 0.3) is 11.8 Å². The average molecular weight is 364 g/mol. The maximum atomic E-state index is 12.8. The average Bonchev–Trinajstić information content (AvgIpc) is 2.92. The molecule has 0 fully saturated rings. The van der Waals surface area contributed by atoms with Gasteiger partial charge in [-0.1, -0.05) is 18.2 Å². The Morgan fingerprint density at radius 1 is 1.11 bits per heavy atom. The summed E-state index contributed by atoms with van der Waals surface area (Å²) in [6.07, 6.45) is 0.734. The minimum absolute atomic E-state index is 0.0786. The SMILES string of the molecule is COc1ccc2c(c1)[C@H](CN1C(=O)c3ccccc3C1=O)N(C(C)=O)CC2. The maximum Gasteiger partial charge on any atom is 0.261 e. The molecule has 138 valence electrons. The monoisotopic (exact) mass is 364 g/mol. The number of carbonyl (C=O) groups is 3. The first-order valence-electron chi connectivity index (χ1n) is 8.90. The van der Waals surface area contributed by atoms with E-state index in [0.29, 0.717) is 23.4 Å². The first-order valence-corrected chi connectivity index (χ1v) is 8.90. The number of hydrogen-bond donors (Lipinski definition) is 0. The lowest BCUT2D eigenvalue weighted by molar-refractivity contribution is -0.132. The standard InChI is InChI=1S/C21H20N2O4/c1-13(24)22-10-9-14-7-8-15(27-2)11-18(14)19(22)12-23-20(25)16-5-3-4-6-17(16)21(23)26/h3-8,11,19H,9-10,12H2,1-2H3/t19-/m0/s1. The minimum Gasteiger partial charge on any atom is -0.497 e. The summed E-state index contributed by atoms with van der Waals surface area (Å²) in [6.45, 7) is 2.20. The van der Waals surface area contributed by atoms with Crippen LogP contribution in [-0.4, -0.2) is 47.7 Å². The number of methoxy groups -OCH3 is 1. The minimum atomic E-state index is -0.386. The number of amides is 3. The van der Waals surface area contributed by atoms with Crippen molar-refractivity contribution in [2.45, 2.75) is 19.4 Å². The zero-order valence-electron chi connectivity index (χ0n) is 15.3. The molecule has 0 bridgehead atoms. The molecule has 0 spiro atoms. The van der Waals surface area contributed by atoms with Crippen LogP contribution < -0.4 is 4.74 Å². The smallest absolute Gasteiger partial charge is 0.261 e. The molecule has 2 aromatic carbocycles. The Kier molecular flexibility index (Phi) is 4.18. The first kappa shape index (κ1) is 17.3. The van der Waals surface area contributed by atoms with Crippen LogP contribution in [0.5, 0.6) is 5.75 Å². The van der Waals surface area contributed by atoms with Gasteiger partial charge in [-0.15, -0.1) is 0 Å². The molecule has 27 heavy (non-hydrogen) atoms. The predicted octanol–water partition coefficient (Wildman–Crippen LogP) is 2.44. The van der Waals surface area contributed by atoms with Crippen LogP contribution in [-0.2, 0) is 11.2 Å². The molecule has 2 aliphatic rings. The number of imide groups is 1. The second-order valence-electron chi connectivity index (χ2n) is 6.81. The van der Waals surface area contributed by atoms with Crippen molar-refractivity contribution < 1.29 is 19.1 Å². The number of rotatable bonds is 3. The topological polar surface area (TPSA) is 66.9 Å². The lowest BCUT2D eigenvalue weighted by atomic mass is 9.91. The van der Waals surface area contributed by atoms with Crippen LogP contribution in [0.15, 0.2) is 42.5 Å². The summed E-state index contributed by atoms with van der Waals surface area (Å²) in [5, 5.41) is 0. The Balaban J connectivity index is 1.73. The molecule has 0 unspecified atom stereocenters. The van der Waals surface area contributed by atoms with E-state index in [-0.39, 0.29) is 30.3 Å². The van der Waals surface area contributed by atoms with E-state index in [1.807, 2.05) is 18.2 Å². The van der Waals surface area contributed by atoms with Crippen LogP contribution in [0, 0.1) is 0 Å². The van der Waals surface area contributed by atoms with Crippen LogP contribution in [0.2, 0.25) is 0 Å². The zero-order valence-corrected chi connectivity index (χ0v) is 15.3. The van der Waals surface area contributed by atoms with Crippen molar-refractivity contribution in [1.29, 1.82) is 0 Å². The summed E-state index contributed by atoms with van der Waals surface area (Å²) < 4.78 is 5.34. The Labute approximate surface area is 157 Å². The third kappa shape index (κ3) is 2.77. The van der Waals surface area contributed by atoms with Crippen LogP contribution in [0.4, 0.5) is 0 Å². The summed E-state index contributed by atoms with van der Waals surface area (Å²) >= 11 is 0. The van der Waals surface area contributed by atoms with Gasteiger partial charge in [0.15, 0.2) is 0 Å². The van der Waals surface area contributed by atoms with Gasteiger partial charge in [-0.2, -0.15) is 0 Å². The molecule has 2 heterocycles. The Hall–Kier alpha value is -3.15. The number of carbonyl (C=O) groups excluding carboxylic acids is 3. The second-order valence-corrected chi connectivity index (χ2v) is 6.81. The third-order valence-corrected chi connectivity index (χ3v) is 5.35. The molecule has 4 rings (SSSR count). The van der Waals surface area contributed by atoms with Crippen LogP contribution in [0.3, 0.4) is 0 Å². The molecule has 0 radical (unpaired) electrons. The van der Waals surface area contributed by atoms with E-state index in [2.05, 4.69) is 0 Å². The largest absolute Gasteiger partial charge is 0.497 e. The molecule has 0 aromatic heterocycles. The summed E-state index contributed by atoms with van der Waals surface area (Å²) in [6, 6.07) is 12.2. The lowest BCUT2D eigenvalue weighted by Gasteiger charge is -2.38. The molecule has 2 aliphatic heterocycles. The Morgan fingerprint density at radius 2 is 1.78 bits per heavy atom. The molecule has 2 aromatic rings. The van der Waals surface area contributed by atoms with Gasteiger partial charge in [0.1, 0.15) is 5.75 Å². The predicted molar refractivity (Wildman–Crippen MR) is 98.6 cm³/mol. The van der Waals surface area contributed by atoms with Crippen LogP contribution in [0.1, 0.15) is 44.8 Å². The van der Waals surface area contributed by atoms with E-state index >= 15 is 0 Å². The molecule has 6 nitrogen and oxygen atoms in total. The summed E-state index contributed by atoms with van der Waals surface area (Å²) in [4.78, 5) is 40.8. The van der Waals surface area contributed by atoms with Crippen molar-refractivity contribution >= 4 is 17.7 Å². The van der Waals surface area contributed by atoms with E-state index in [0.717, 1.165) is 17.5 Å². The summed E-state index contributed by atoms with van der Waals surface area (Å²) in [5.41, 5.74) is 2.86. The molecule has 6 heteroatoms. The van der Waals surface area contributed by atoms with Gasteiger partial charge in [-0.25, -0.2) is 0 Å². The Morgan fingerprint density at radius 3 is 2.37 bits per heavy atom. The maximum absolute atomic E-state index is 12.8. The van der Waals surface area contributed by atoms with E-state index in [9.17, 15) is 14.4 Å². The van der Waals surface area contributed by atoms with Crippen molar-refractivity contribution in [3.63, 3.8) is 0 Å². The molecule has 0 saturated carbocycles. The highest BCUT2D eigenvalue weighted by Gasteiger charge is 2.39. The summed E-state index contributed by atoms with van der Waals surface area (Å²) in [7, 11) is 1.59. The van der Waals surface area contributed by atoms with Gasteiger partial charge in [0.05, 0.1) is 30.8 Å². The van der Waals surface area contributed by atoms with Gasteiger partial charge in [-0.3, -0.25) is 19.3 Å². The molecule has 0 aliphatic carbocycles. The molecule has 1 atom stereocenters. The number of fused-ring (bicyclic) bond motifs is 2. The van der Waals surface area contributed by atoms with Crippen LogP contribution >= 0.6 is 0 Å². The first-order chi connectivity index (χ1) is 13.0. The van der Waals surface area contributed by atoms with Crippen LogP contribution in [0.25, 0.3) is 0 Å². The fraction of sp³-hybridized carbons (Fsp3) is 0.286. The van der Waals surface area contributed by atoms with Gasteiger partial charge in [0, 0.05) is 13.5 Å². The van der Waals surface area contributed by atoms with Crippen molar-refractivity contribution in [2.24, 2.45) is 0 Å². The van der Waals surface area contributed by atoms with Crippen molar-refractivity contribution in [2.75, 3.05) is 20.2 Å². The molecule has 3 amide bonds. The van der Waals surface area contributed by atoms with Gasteiger partial charge in [-0.05, 0) is 41.8 Å². The van der Waals surface area contributed by atoms with Crippen molar-refractivity contribution in [1.82, 2.24) is 9.80 Å². The molecule has 0 saturated heterocycles.